The van der Waals surface area contributed by atoms with E-state index in [1.807, 2.05) is 7.05 Å². The summed E-state index contributed by atoms with van der Waals surface area (Å²) in [4.78, 5) is 4.91. The molecule has 3 heteroatoms. The standard InChI is InChI=1S/C15H17BrN2/c1-9-7-8-11(16)13-14(9)18-12-6-4-3-5-10(12)15(13)17-2/h7-8H,3-6H2,1-2H3,(H,17,18). The first-order valence-electron chi connectivity index (χ1n) is 6.50. The fourth-order valence-electron chi connectivity index (χ4n) is 2.90. The first-order valence-corrected chi connectivity index (χ1v) is 7.30. The summed E-state index contributed by atoms with van der Waals surface area (Å²) in [5.74, 6) is 0. The molecule has 0 fully saturated rings. The molecule has 94 valence electrons. The van der Waals surface area contributed by atoms with Crippen molar-refractivity contribution in [2.45, 2.75) is 32.6 Å². The SMILES string of the molecule is CNc1c2c(nc3c(C)ccc(Br)c13)CCCC2. The third-order valence-corrected chi connectivity index (χ3v) is 4.48. The van der Waals surface area contributed by atoms with Crippen molar-refractivity contribution in [1.82, 2.24) is 4.98 Å². The molecule has 2 aromatic rings. The molecule has 1 aromatic heterocycles. The molecule has 18 heavy (non-hydrogen) atoms. The molecule has 1 aromatic carbocycles. The first kappa shape index (κ1) is 12.0. The van der Waals surface area contributed by atoms with Gasteiger partial charge in [-0.3, -0.25) is 4.98 Å². The predicted octanol–water partition coefficient (Wildman–Crippen LogP) is 4.23. The van der Waals surface area contributed by atoms with E-state index in [-0.39, 0.29) is 0 Å². The molecular weight excluding hydrogens is 288 g/mol. The van der Waals surface area contributed by atoms with E-state index < -0.39 is 0 Å². The number of pyridine rings is 1. The van der Waals surface area contributed by atoms with Gasteiger partial charge in [0.25, 0.3) is 0 Å². The molecule has 0 atom stereocenters. The van der Waals surface area contributed by atoms with E-state index in [1.165, 1.54) is 40.7 Å². The molecule has 1 N–H and O–H groups in total. The van der Waals surface area contributed by atoms with Crippen LogP contribution >= 0.6 is 15.9 Å². The maximum Gasteiger partial charge on any atom is 0.0766 e. The average Bonchev–Trinajstić information content (AvgIpc) is 2.41. The van der Waals surface area contributed by atoms with Crippen molar-refractivity contribution < 1.29 is 0 Å². The zero-order valence-electron chi connectivity index (χ0n) is 10.8. The Morgan fingerprint density at radius 3 is 2.78 bits per heavy atom. The molecule has 1 heterocycles. The number of hydrogen-bond acceptors (Lipinski definition) is 2. The van der Waals surface area contributed by atoms with Crippen LogP contribution in [0.3, 0.4) is 0 Å². The largest absolute Gasteiger partial charge is 0.387 e. The van der Waals surface area contributed by atoms with Gasteiger partial charge in [-0.05, 0) is 49.8 Å². The summed E-state index contributed by atoms with van der Waals surface area (Å²) < 4.78 is 1.13. The van der Waals surface area contributed by atoms with Gasteiger partial charge in [0.2, 0.25) is 0 Å². The molecule has 3 rings (SSSR count). The van der Waals surface area contributed by atoms with Gasteiger partial charge in [0, 0.05) is 28.3 Å². The topological polar surface area (TPSA) is 24.9 Å². The zero-order chi connectivity index (χ0) is 12.7. The van der Waals surface area contributed by atoms with Crippen molar-refractivity contribution in [3.05, 3.63) is 33.4 Å². The first-order chi connectivity index (χ1) is 8.72. The Morgan fingerprint density at radius 1 is 1.22 bits per heavy atom. The van der Waals surface area contributed by atoms with Crippen molar-refractivity contribution >= 4 is 32.5 Å². The van der Waals surface area contributed by atoms with Gasteiger partial charge in [-0.1, -0.05) is 22.0 Å². The van der Waals surface area contributed by atoms with Gasteiger partial charge in [0.1, 0.15) is 0 Å². The van der Waals surface area contributed by atoms with Gasteiger partial charge in [0.15, 0.2) is 0 Å². The number of fused-ring (bicyclic) bond motifs is 2. The lowest BCUT2D eigenvalue weighted by Crippen LogP contribution is -2.10. The highest BCUT2D eigenvalue weighted by Gasteiger charge is 2.19. The van der Waals surface area contributed by atoms with E-state index in [0.29, 0.717) is 0 Å². The number of rotatable bonds is 1. The van der Waals surface area contributed by atoms with E-state index in [4.69, 9.17) is 4.98 Å². The summed E-state index contributed by atoms with van der Waals surface area (Å²) in [6.45, 7) is 2.14. The second-order valence-corrected chi connectivity index (χ2v) is 5.81. The number of aryl methyl sites for hydroxylation is 2. The van der Waals surface area contributed by atoms with Gasteiger partial charge in [-0.15, -0.1) is 0 Å². The maximum atomic E-state index is 4.91. The Balaban J connectivity index is 2.44. The van der Waals surface area contributed by atoms with Gasteiger partial charge in [0.05, 0.1) is 5.52 Å². The third-order valence-electron chi connectivity index (χ3n) is 3.82. The van der Waals surface area contributed by atoms with Crippen LogP contribution in [-0.2, 0) is 12.8 Å². The highest BCUT2D eigenvalue weighted by molar-refractivity contribution is 9.10. The lowest BCUT2D eigenvalue weighted by atomic mass is 9.92. The smallest absolute Gasteiger partial charge is 0.0766 e. The minimum atomic E-state index is 1.12. The molecule has 1 aliphatic rings. The van der Waals surface area contributed by atoms with Gasteiger partial charge < -0.3 is 5.32 Å². The summed E-state index contributed by atoms with van der Waals surface area (Å²) in [5, 5.41) is 4.63. The van der Waals surface area contributed by atoms with Crippen LogP contribution in [0.25, 0.3) is 10.9 Å². The molecule has 2 nitrogen and oxygen atoms in total. The molecule has 0 amide bonds. The van der Waals surface area contributed by atoms with Crippen LogP contribution in [0.4, 0.5) is 5.69 Å². The number of benzene rings is 1. The normalized spacial score (nSPS) is 14.6. The molecule has 0 spiro atoms. The fraction of sp³-hybridized carbons (Fsp3) is 0.400. The third kappa shape index (κ3) is 1.72. The number of nitrogens with zero attached hydrogens (tertiary/aromatic N) is 1. The van der Waals surface area contributed by atoms with Crippen LogP contribution in [0.2, 0.25) is 0 Å². The monoisotopic (exact) mass is 304 g/mol. The minimum absolute atomic E-state index is 1.12. The molecule has 0 saturated heterocycles. The molecule has 0 radical (unpaired) electrons. The fourth-order valence-corrected chi connectivity index (χ4v) is 3.41. The number of halogens is 1. The van der Waals surface area contributed by atoms with E-state index in [9.17, 15) is 0 Å². The van der Waals surface area contributed by atoms with Crippen LogP contribution in [-0.4, -0.2) is 12.0 Å². The average molecular weight is 305 g/mol. The summed E-state index contributed by atoms with van der Waals surface area (Å²) in [5.41, 5.74) is 6.36. The quantitative estimate of drug-likeness (QED) is 0.853. The Hall–Kier alpha value is -1.09. The zero-order valence-corrected chi connectivity index (χ0v) is 12.4. The van der Waals surface area contributed by atoms with Crippen LogP contribution in [0.15, 0.2) is 16.6 Å². The van der Waals surface area contributed by atoms with Crippen molar-refractivity contribution in [3.8, 4) is 0 Å². The van der Waals surface area contributed by atoms with Crippen LogP contribution in [0, 0.1) is 6.92 Å². The molecule has 0 aliphatic heterocycles. The summed E-state index contributed by atoms with van der Waals surface area (Å²) in [6.07, 6.45) is 4.81. The van der Waals surface area contributed by atoms with Crippen molar-refractivity contribution in [2.24, 2.45) is 0 Å². The number of anilines is 1. The van der Waals surface area contributed by atoms with Crippen molar-refractivity contribution in [2.75, 3.05) is 12.4 Å². The van der Waals surface area contributed by atoms with Gasteiger partial charge >= 0.3 is 0 Å². The Bertz CT molecular complexity index is 620. The highest BCUT2D eigenvalue weighted by Crippen LogP contribution is 2.37. The number of hydrogen-bond donors (Lipinski definition) is 1. The van der Waals surface area contributed by atoms with Gasteiger partial charge in [-0.2, -0.15) is 0 Å². The van der Waals surface area contributed by atoms with E-state index in [0.717, 1.165) is 22.8 Å². The van der Waals surface area contributed by atoms with Gasteiger partial charge in [-0.25, -0.2) is 0 Å². The summed E-state index contributed by atoms with van der Waals surface area (Å²) >= 11 is 3.67. The molecule has 0 bridgehead atoms. The number of aromatic nitrogens is 1. The van der Waals surface area contributed by atoms with Crippen molar-refractivity contribution in [3.63, 3.8) is 0 Å². The molecule has 0 saturated carbocycles. The van der Waals surface area contributed by atoms with E-state index in [1.54, 1.807) is 0 Å². The predicted molar refractivity (Wildman–Crippen MR) is 80.4 cm³/mol. The second kappa shape index (κ2) is 4.54. The number of nitrogens with one attached hydrogen (secondary N) is 1. The highest BCUT2D eigenvalue weighted by atomic mass is 79.9. The van der Waals surface area contributed by atoms with E-state index in [2.05, 4.69) is 40.3 Å². The maximum absolute atomic E-state index is 4.91. The molecule has 0 unspecified atom stereocenters. The molecule has 1 aliphatic carbocycles. The Kier molecular flexibility index (Phi) is 3.02. The lowest BCUT2D eigenvalue weighted by molar-refractivity contribution is 0.672. The van der Waals surface area contributed by atoms with Crippen LogP contribution in [0.1, 0.15) is 29.7 Å². The minimum Gasteiger partial charge on any atom is -0.387 e. The van der Waals surface area contributed by atoms with E-state index >= 15 is 0 Å². The Morgan fingerprint density at radius 2 is 2.00 bits per heavy atom. The lowest BCUT2D eigenvalue weighted by Gasteiger charge is -2.21. The van der Waals surface area contributed by atoms with Crippen LogP contribution < -0.4 is 5.32 Å². The van der Waals surface area contributed by atoms with Crippen molar-refractivity contribution in [1.29, 1.82) is 0 Å². The van der Waals surface area contributed by atoms with Crippen LogP contribution in [0.5, 0.6) is 0 Å². The summed E-state index contributed by atoms with van der Waals surface area (Å²) in [7, 11) is 2.01. The molecular formula is C15H17BrN2. The summed E-state index contributed by atoms with van der Waals surface area (Å²) in [6, 6.07) is 4.25. The Labute approximate surface area is 116 Å². The second-order valence-electron chi connectivity index (χ2n) is 4.96.